The molecule has 0 bridgehead atoms. The first kappa shape index (κ1) is 14.5. The van der Waals surface area contributed by atoms with Gasteiger partial charge in [-0.3, -0.25) is 0 Å². The van der Waals surface area contributed by atoms with Crippen molar-refractivity contribution < 1.29 is 13.5 Å². The molecule has 0 radical (unpaired) electrons. The largest absolute Gasteiger partial charge is 0.494 e. The van der Waals surface area contributed by atoms with E-state index < -0.39 is 17.7 Å². The van der Waals surface area contributed by atoms with Gasteiger partial charge >= 0.3 is 0 Å². The van der Waals surface area contributed by atoms with E-state index in [0.717, 1.165) is 12.2 Å². The third-order valence-electron chi connectivity index (χ3n) is 3.02. The molecule has 0 aliphatic rings. The third kappa shape index (κ3) is 3.14. The Morgan fingerprint density at radius 1 is 1.05 bits per heavy atom. The van der Waals surface area contributed by atoms with Crippen LogP contribution in [0.4, 0.5) is 8.78 Å². The average Bonchev–Trinajstić information content (AvgIpc) is 2.45. The number of nitrogens with two attached hydrogens (primary N) is 1. The highest BCUT2D eigenvalue weighted by atomic mass is 19.1. The first-order chi connectivity index (χ1) is 9.63. The van der Waals surface area contributed by atoms with Crippen LogP contribution in [0.5, 0.6) is 5.75 Å². The standard InChI is InChI=1S/C16H17F2NO/c1-2-10-20-12-8-6-11(7-9-12)16(19)15-13(17)4-3-5-14(15)18/h3-9,16H,2,10,19H2,1H3. The van der Waals surface area contributed by atoms with E-state index in [1.165, 1.54) is 18.2 Å². The molecule has 0 aromatic heterocycles. The van der Waals surface area contributed by atoms with Gasteiger partial charge in [0.1, 0.15) is 17.4 Å². The lowest BCUT2D eigenvalue weighted by Gasteiger charge is -2.15. The van der Waals surface area contributed by atoms with Gasteiger partial charge in [0.15, 0.2) is 0 Å². The van der Waals surface area contributed by atoms with Gasteiger partial charge in [-0.25, -0.2) is 8.78 Å². The molecule has 1 unspecified atom stereocenters. The average molecular weight is 277 g/mol. The summed E-state index contributed by atoms with van der Waals surface area (Å²) in [5.74, 6) is -0.551. The van der Waals surface area contributed by atoms with Crippen LogP contribution in [0.1, 0.15) is 30.5 Å². The maximum absolute atomic E-state index is 13.7. The summed E-state index contributed by atoms with van der Waals surface area (Å²) in [4.78, 5) is 0. The fourth-order valence-corrected chi connectivity index (χ4v) is 1.97. The van der Waals surface area contributed by atoms with E-state index in [1.807, 2.05) is 6.92 Å². The van der Waals surface area contributed by atoms with Crippen molar-refractivity contribution >= 4 is 0 Å². The van der Waals surface area contributed by atoms with Gasteiger partial charge in [-0.05, 0) is 36.2 Å². The molecule has 0 saturated heterocycles. The van der Waals surface area contributed by atoms with Gasteiger partial charge in [-0.15, -0.1) is 0 Å². The normalized spacial score (nSPS) is 12.2. The molecule has 2 aromatic rings. The minimum absolute atomic E-state index is 0.116. The Kier molecular flexibility index (Phi) is 4.69. The van der Waals surface area contributed by atoms with Crippen molar-refractivity contribution in [2.45, 2.75) is 19.4 Å². The van der Waals surface area contributed by atoms with E-state index in [-0.39, 0.29) is 5.56 Å². The van der Waals surface area contributed by atoms with Crippen LogP contribution in [0, 0.1) is 11.6 Å². The molecule has 106 valence electrons. The molecule has 2 nitrogen and oxygen atoms in total. The van der Waals surface area contributed by atoms with Crippen LogP contribution in [0.2, 0.25) is 0 Å². The van der Waals surface area contributed by atoms with Crippen LogP contribution in [-0.4, -0.2) is 6.61 Å². The van der Waals surface area contributed by atoms with Crippen LogP contribution in [0.15, 0.2) is 42.5 Å². The Balaban J connectivity index is 2.23. The summed E-state index contributed by atoms with van der Waals surface area (Å²) in [6.07, 6.45) is 0.918. The predicted molar refractivity (Wildman–Crippen MR) is 74.6 cm³/mol. The number of hydrogen-bond acceptors (Lipinski definition) is 2. The Labute approximate surface area is 117 Å². The Bertz CT molecular complexity index is 549. The third-order valence-corrected chi connectivity index (χ3v) is 3.02. The van der Waals surface area contributed by atoms with Crippen molar-refractivity contribution in [1.29, 1.82) is 0 Å². The van der Waals surface area contributed by atoms with Crippen molar-refractivity contribution in [3.05, 3.63) is 65.2 Å². The topological polar surface area (TPSA) is 35.2 Å². The van der Waals surface area contributed by atoms with Gasteiger partial charge < -0.3 is 10.5 Å². The first-order valence-electron chi connectivity index (χ1n) is 6.55. The highest BCUT2D eigenvalue weighted by Gasteiger charge is 2.18. The molecule has 1 atom stereocenters. The molecule has 0 heterocycles. The highest BCUT2D eigenvalue weighted by Crippen LogP contribution is 2.26. The SMILES string of the molecule is CCCOc1ccc(C(N)c2c(F)cccc2F)cc1. The molecule has 0 amide bonds. The minimum Gasteiger partial charge on any atom is -0.494 e. The van der Waals surface area contributed by atoms with Gasteiger partial charge in [0, 0.05) is 5.56 Å². The summed E-state index contributed by atoms with van der Waals surface area (Å²) in [6.45, 7) is 2.65. The number of halogens is 2. The van der Waals surface area contributed by atoms with Crippen molar-refractivity contribution in [3.63, 3.8) is 0 Å². The quantitative estimate of drug-likeness (QED) is 0.902. The first-order valence-corrected chi connectivity index (χ1v) is 6.55. The second kappa shape index (κ2) is 6.48. The molecule has 0 saturated carbocycles. The molecule has 0 aliphatic heterocycles. The van der Waals surface area contributed by atoms with E-state index in [0.29, 0.717) is 12.2 Å². The fourth-order valence-electron chi connectivity index (χ4n) is 1.97. The molecule has 0 fully saturated rings. The van der Waals surface area contributed by atoms with Gasteiger partial charge in [0.05, 0.1) is 12.6 Å². The second-order valence-corrected chi connectivity index (χ2v) is 4.53. The minimum atomic E-state index is -0.837. The molecule has 20 heavy (non-hydrogen) atoms. The monoisotopic (exact) mass is 277 g/mol. The summed E-state index contributed by atoms with van der Waals surface area (Å²) >= 11 is 0. The van der Waals surface area contributed by atoms with Crippen LogP contribution in [0.25, 0.3) is 0 Å². The zero-order valence-corrected chi connectivity index (χ0v) is 11.3. The lowest BCUT2D eigenvalue weighted by Crippen LogP contribution is -2.15. The van der Waals surface area contributed by atoms with Crippen molar-refractivity contribution in [1.82, 2.24) is 0 Å². The summed E-state index contributed by atoms with van der Waals surface area (Å²) in [5, 5.41) is 0. The van der Waals surface area contributed by atoms with E-state index in [1.54, 1.807) is 24.3 Å². The lowest BCUT2D eigenvalue weighted by atomic mass is 9.98. The van der Waals surface area contributed by atoms with E-state index in [2.05, 4.69) is 0 Å². The number of rotatable bonds is 5. The summed E-state index contributed by atoms with van der Waals surface area (Å²) in [5.41, 5.74) is 6.47. The smallest absolute Gasteiger partial charge is 0.131 e. The summed E-state index contributed by atoms with van der Waals surface area (Å²) < 4.78 is 32.8. The van der Waals surface area contributed by atoms with Crippen molar-refractivity contribution in [2.24, 2.45) is 5.73 Å². The maximum atomic E-state index is 13.7. The van der Waals surface area contributed by atoms with E-state index in [9.17, 15) is 8.78 Å². The number of ether oxygens (including phenoxy) is 1. The fraction of sp³-hybridized carbons (Fsp3) is 0.250. The summed E-state index contributed by atoms with van der Waals surface area (Å²) in [6, 6.07) is 9.85. The predicted octanol–water partition coefficient (Wildman–Crippen LogP) is 3.80. The second-order valence-electron chi connectivity index (χ2n) is 4.53. The molecule has 0 spiro atoms. The van der Waals surface area contributed by atoms with Crippen LogP contribution in [0.3, 0.4) is 0 Å². The zero-order valence-electron chi connectivity index (χ0n) is 11.3. The van der Waals surface area contributed by atoms with Gasteiger partial charge in [0.2, 0.25) is 0 Å². The number of benzene rings is 2. The van der Waals surface area contributed by atoms with Crippen LogP contribution >= 0.6 is 0 Å². The Hall–Kier alpha value is -1.94. The molecule has 4 heteroatoms. The van der Waals surface area contributed by atoms with Crippen molar-refractivity contribution in [2.75, 3.05) is 6.61 Å². The van der Waals surface area contributed by atoms with Crippen LogP contribution in [-0.2, 0) is 0 Å². The van der Waals surface area contributed by atoms with E-state index in [4.69, 9.17) is 10.5 Å². The Morgan fingerprint density at radius 2 is 1.65 bits per heavy atom. The van der Waals surface area contributed by atoms with Crippen LogP contribution < -0.4 is 10.5 Å². The maximum Gasteiger partial charge on any atom is 0.131 e. The Morgan fingerprint density at radius 3 is 2.20 bits per heavy atom. The molecular formula is C16H17F2NO. The van der Waals surface area contributed by atoms with Gasteiger partial charge in [-0.1, -0.05) is 25.1 Å². The molecular weight excluding hydrogens is 260 g/mol. The molecule has 0 aliphatic carbocycles. The lowest BCUT2D eigenvalue weighted by molar-refractivity contribution is 0.317. The molecule has 2 N–H and O–H groups in total. The van der Waals surface area contributed by atoms with Crippen molar-refractivity contribution in [3.8, 4) is 5.75 Å². The highest BCUT2D eigenvalue weighted by molar-refractivity contribution is 5.36. The zero-order chi connectivity index (χ0) is 14.5. The van der Waals surface area contributed by atoms with Gasteiger partial charge in [-0.2, -0.15) is 0 Å². The molecule has 2 aromatic carbocycles. The number of hydrogen-bond donors (Lipinski definition) is 1. The van der Waals surface area contributed by atoms with E-state index >= 15 is 0 Å². The summed E-state index contributed by atoms with van der Waals surface area (Å²) in [7, 11) is 0. The van der Waals surface area contributed by atoms with Gasteiger partial charge in [0.25, 0.3) is 0 Å². The molecule has 2 rings (SSSR count).